The van der Waals surface area contributed by atoms with Crippen LogP contribution in [0.3, 0.4) is 0 Å². The van der Waals surface area contributed by atoms with Gasteiger partial charge in [-0.3, -0.25) is 0 Å². The van der Waals surface area contributed by atoms with Gasteiger partial charge >= 0.3 is 11.9 Å². The second-order valence-electron chi connectivity index (χ2n) is 9.14. The third-order valence-corrected chi connectivity index (χ3v) is 6.29. The quantitative estimate of drug-likeness (QED) is 0.161. The van der Waals surface area contributed by atoms with Crippen molar-refractivity contribution < 1.29 is 19.4 Å². The van der Waals surface area contributed by atoms with Crippen molar-refractivity contribution in [1.29, 1.82) is 0 Å². The first-order valence-electron chi connectivity index (χ1n) is 13.1. The Hall–Kier alpha value is -1.84. The van der Waals surface area contributed by atoms with Crippen molar-refractivity contribution in [2.45, 2.75) is 117 Å². The molecule has 1 rings (SSSR count). The second-order valence-corrected chi connectivity index (χ2v) is 9.14. The average Bonchev–Trinajstić information content (AvgIpc) is 2.80. The molecule has 0 heterocycles. The van der Waals surface area contributed by atoms with Gasteiger partial charge in [-0.25, -0.2) is 9.59 Å². The molecule has 0 radical (unpaired) electrons. The van der Waals surface area contributed by atoms with Crippen LogP contribution in [0, 0.1) is 5.92 Å². The lowest BCUT2D eigenvalue weighted by atomic mass is 9.90. The molecule has 0 aromatic heterocycles. The molecule has 0 aliphatic carbocycles. The first kappa shape index (κ1) is 28.2. The number of esters is 1. The van der Waals surface area contributed by atoms with Gasteiger partial charge < -0.3 is 9.84 Å². The molecule has 4 nitrogen and oxygen atoms in total. The van der Waals surface area contributed by atoms with Crippen LogP contribution in [0.4, 0.5) is 0 Å². The van der Waals surface area contributed by atoms with Gasteiger partial charge in [-0.2, -0.15) is 0 Å². The molecule has 32 heavy (non-hydrogen) atoms. The lowest BCUT2D eigenvalue weighted by Gasteiger charge is -2.16. The fourth-order valence-electron chi connectivity index (χ4n) is 4.19. The molecule has 0 atom stereocenters. The van der Waals surface area contributed by atoms with Crippen LogP contribution in [0.15, 0.2) is 24.3 Å². The van der Waals surface area contributed by atoms with Crippen molar-refractivity contribution in [2.24, 2.45) is 5.92 Å². The summed E-state index contributed by atoms with van der Waals surface area (Å²) >= 11 is 0. The standard InChI is InChI=1S/C28H46O4/c1-3-5-16-24(17-6-4-2)18-14-12-10-8-7-9-11-13-15-23-32-28(31)26-21-19-25(20-22-26)27(29)30/h19-22,24H,3-18,23H2,1-2H3,(H,29,30). The van der Waals surface area contributed by atoms with Crippen molar-refractivity contribution >= 4 is 11.9 Å². The number of rotatable bonds is 20. The Balaban J connectivity index is 1.96. The first-order chi connectivity index (χ1) is 15.6. The predicted octanol–water partition coefficient (Wildman–Crippen LogP) is 8.44. The molecule has 1 aromatic carbocycles. The van der Waals surface area contributed by atoms with E-state index in [4.69, 9.17) is 9.84 Å². The summed E-state index contributed by atoms with van der Waals surface area (Å²) in [4.78, 5) is 22.8. The molecule has 0 aliphatic rings. The molecule has 182 valence electrons. The number of unbranched alkanes of at least 4 members (excludes halogenated alkanes) is 10. The average molecular weight is 447 g/mol. The van der Waals surface area contributed by atoms with E-state index in [0.29, 0.717) is 12.2 Å². The van der Waals surface area contributed by atoms with Gasteiger partial charge in [0, 0.05) is 0 Å². The highest BCUT2D eigenvalue weighted by Crippen LogP contribution is 2.23. The fourth-order valence-corrected chi connectivity index (χ4v) is 4.19. The zero-order valence-electron chi connectivity index (χ0n) is 20.6. The summed E-state index contributed by atoms with van der Waals surface area (Å²) in [5.41, 5.74) is 0.571. The van der Waals surface area contributed by atoms with Crippen LogP contribution in [-0.4, -0.2) is 23.7 Å². The molecule has 0 bridgehead atoms. The van der Waals surface area contributed by atoms with Crippen LogP contribution in [0.5, 0.6) is 0 Å². The Kier molecular flexibility index (Phi) is 16.5. The third kappa shape index (κ3) is 13.5. The van der Waals surface area contributed by atoms with E-state index >= 15 is 0 Å². The molecule has 4 heteroatoms. The topological polar surface area (TPSA) is 63.6 Å². The van der Waals surface area contributed by atoms with Gasteiger partial charge in [0.1, 0.15) is 0 Å². The van der Waals surface area contributed by atoms with Crippen LogP contribution in [0.2, 0.25) is 0 Å². The summed E-state index contributed by atoms with van der Waals surface area (Å²) < 4.78 is 5.28. The number of carbonyl (C=O) groups is 2. The maximum Gasteiger partial charge on any atom is 0.338 e. The van der Waals surface area contributed by atoms with Gasteiger partial charge in [-0.05, 0) is 36.6 Å². The van der Waals surface area contributed by atoms with Crippen LogP contribution < -0.4 is 0 Å². The van der Waals surface area contributed by atoms with E-state index in [9.17, 15) is 9.59 Å². The third-order valence-electron chi connectivity index (χ3n) is 6.29. The van der Waals surface area contributed by atoms with E-state index in [1.807, 2.05) is 0 Å². The van der Waals surface area contributed by atoms with Crippen LogP contribution in [-0.2, 0) is 4.74 Å². The van der Waals surface area contributed by atoms with Crippen molar-refractivity contribution in [3.8, 4) is 0 Å². The summed E-state index contributed by atoms with van der Waals surface area (Å²) in [6.07, 6.45) is 21.0. The number of hydrogen-bond donors (Lipinski definition) is 1. The normalized spacial score (nSPS) is 11.1. The fraction of sp³-hybridized carbons (Fsp3) is 0.714. The predicted molar refractivity (Wildman–Crippen MR) is 132 cm³/mol. The summed E-state index contributed by atoms with van der Waals surface area (Å²) in [6, 6.07) is 5.86. The van der Waals surface area contributed by atoms with E-state index < -0.39 is 5.97 Å². The van der Waals surface area contributed by atoms with Gasteiger partial charge in [0.25, 0.3) is 0 Å². The minimum absolute atomic E-state index is 0.171. The summed E-state index contributed by atoms with van der Waals surface area (Å²) in [7, 11) is 0. The molecule has 0 fully saturated rings. The number of ether oxygens (including phenoxy) is 1. The Morgan fingerprint density at radius 1 is 0.688 bits per heavy atom. The summed E-state index contributed by atoms with van der Waals surface area (Å²) in [5, 5.41) is 8.89. The summed E-state index contributed by atoms with van der Waals surface area (Å²) in [5.74, 6) is -0.412. The van der Waals surface area contributed by atoms with Crippen LogP contribution in [0.25, 0.3) is 0 Å². The zero-order valence-corrected chi connectivity index (χ0v) is 20.6. The minimum atomic E-state index is -0.997. The molecule has 0 saturated heterocycles. The number of carbonyl (C=O) groups excluding carboxylic acids is 1. The molecule has 0 spiro atoms. The van der Waals surface area contributed by atoms with Gasteiger partial charge in [0.15, 0.2) is 0 Å². The Morgan fingerprint density at radius 2 is 1.12 bits per heavy atom. The van der Waals surface area contributed by atoms with Gasteiger partial charge in [0.2, 0.25) is 0 Å². The Bertz CT molecular complexity index is 600. The Labute approximate surface area is 196 Å². The van der Waals surface area contributed by atoms with Gasteiger partial charge in [0.05, 0.1) is 17.7 Å². The van der Waals surface area contributed by atoms with E-state index in [1.165, 1.54) is 114 Å². The molecule has 1 N–H and O–H groups in total. The number of aromatic carboxylic acids is 1. The van der Waals surface area contributed by atoms with Crippen molar-refractivity contribution in [3.05, 3.63) is 35.4 Å². The molecule has 0 amide bonds. The zero-order chi connectivity index (χ0) is 23.4. The van der Waals surface area contributed by atoms with Crippen molar-refractivity contribution in [1.82, 2.24) is 0 Å². The highest BCUT2D eigenvalue weighted by molar-refractivity contribution is 5.92. The molecule has 0 saturated carbocycles. The van der Waals surface area contributed by atoms with Crippen molar-refractivity contribution in [2.75, 3.05) is 6.61 Å². The maximum absolute atomic E-state index is 12.0. The van der Waals surface area contributed by atoms with E-state index in [2.05, 4.69) is 13.8 Å². The number of hydrogen-bond acceptors (Lipinski definition) is 3. The largest absolute Gasteiger partial charge is 0.478 e. The molecule has 0 aliphatic heterocycles. The van der Waals surface area contributed by atoms with E-state index in [1.54, 1.807) is 0 Å². The Morgan fingerprint density at radius 3 is 1.62 bits per heavy atom. The van der Waals surface area contributed by atoms with Crippen molar-refractivity contribution in [3.63, 3.8) is 0 Å². The second kappa shape index (κ2) is 18.7. The van der Waals surface area contributed by atoms with Crippen LogP contribution >= 0.6 is 0 Å². The highest BCUT2D eigenvalue weighted by atomic mass is 16.5. The lowest BCUT2D eigenvalue weighted by Crippen LogP contribution is -2.07. The van der Waals surface area contributed by atoms with Gasteiger partial charge in [-0.15, -0.1) is 0 Å². The molecular weight excluding hydrogens is 400 g/mol. The lowest BCUT2D eigenvalue weighted by molar-refractivity contribution is 0.0496. The SMILES string of the molecule is CCCCC(CCCC)CCCCCCCCCCCOC(=O)c1ccc(C(=O)O)cc1. The van der Waals surface area contributed by atoms with Gasteiger partial charge in [-0.1, -0.05) is 110 Å². The molecule has 1 aromatic rings. The first-order valence-corrected chi connectivity index (χ1v) is 13.1. The van der Waals surface area contributed by atoms with E-state index in [-0.39, 0.29) is 11.5 Å². The number of carboxylic acids is 1. The highest BCUT2D eigenvalue weighted by Gasteiger charge is 2.09. The number of benzene rings is 1. The van der Waals surface area contributed by atoms with Crippen LogP contribution in [0.1, 0.15) is 137 Å². The monoisotopic (exact) mass is 446 g/mol. The molecule has 0 unspecified atom stereocenters. The maximum atomic E-state index is 12.0. The number of carboxylic acid groups (broad SMARTS) is 1. The molecular formula is C28H46O4. The van der Waals surface area contributed by atoms with E-state index in [0.717, 1.165) is 18.8 Å². The summed E-state index contributed by atoms with van der Waals surface area (Å²) in [6.45, 7) is 5.03. The smallest absolute Gasteiger partial charge is 0.338 e. The minimum Gasteiger partial charge on any atom is -0.478 e.